The molecule has 0 aliphatic carbocycles. The summed E-state index contributed by atoms with van der Waals surface area (Å²) in [4.78, 5) is 11.5. The summed E-state index contributed by atoms with van der Waals surface area (Å²) < 4.78 is 13.4. The topological polar surface area (TPSA) is 93.1 Å². The third kappa shape index (κ3) is 4.60. The smallest absolute Gasteiger partial charge is 0.229 e. The lowest BCUT2D eigenvalue weighted by Crippen LogP contribution is -2.43. The summed E-state index contributed by atoms with van der Waals surface area (Å²) in [6, 6.07) is 6.74. The first kappa shape index (κ1) is 18.4. The molecule has 0 saturated carbocycles. The first-order valence-electron chi connectivity index (χ1n) is 9.25. The molecule has 2 aromatic rings. The van der Waals surface area contributed by atoms with Gasteiger partial charge in [0.25, 0.3) is 0 Å². The lowest BCUT2D eigenvalue weighted by molar-refractivity contribution is 0.503. The van der Waals surface area contributed by atoms with Gasteiger partial charge in [0.2, 0.25) is 5.95 Å². The lowest BCUT2D eigenvalue weighted by Gasteiger charge is -2.32. The number of aryl methyl sites for hydroxylation is 1. The molecule has 1 aliphatic rings. The molecule has 0 radical (unpaired) electrons. The molecule has 1 aliphatic heterocycles. The van der Waals surface area contributed by atoms with Crippen molar-refractivity contribution in [3.8, 4) is 0 Å². The van der Waals surface area contributed by atoms with Crippen molar-refractivity contribution in [2.75, 3.05) is 29.0 Å². The van der Waals surface area contributed by atoms with E-state index in [0.29, 0.717) is 11.6 Å². The Morgan fingerprint density at radius 1 is 1.31 bits per heavy atom. The van der Waals surface area contributed by atoms with E-state index < -0.39 is 5.82 Å². The second-order valence-corrected chi connectivity index (χ2v) is 6.85. The van der Waals surface area contributed by atoms with Crippen molar-refractivity contribution in [2.24, 2.45) is 5.73 Å². The molecule has 1 atom stereocenters. The number of nitrogens with two attached hydrogens (primary N) is 2. The number of benzene rings is 1. The van der Waals surface area contributed by atoms with Crippen LogP contribution in [0.25, 0.3) is 0 Å². The zero-order valence-electron chi connectivity index (χ0n) is 15.2. The molecule has 140 valence electrons. The van der Waals surface area contributed by atoms with Crippen LogP contribution in [-0.4, -0.2) is 29.1 Å². The van der Waals surface area contributed by atoms with Crippen molar-refractivity contribution in [2.45, 2.75) is 45.1 Å². The second kappa shape index (κ2) is 8.31. The van der Waals surface area contributed by atoms with Gasteiger partial charge in [-0.15, -0.1) is 0 Å². The molecule has 5 N–H and O–H groups in total. The van der Waals surface area contributed by atoms with Crippen molar-refractivity contribution in [1.82, 2.24) is 9.97 Å². The average Bonchev–Trinajstić information content (AvgIpc) is 2.63. The number of aromatic nitrogens is 2. The molecule has 1 unspecified atom stereocenters. The van der Waals surface area contributed by atoms with Gasteiger partial charge in [0, 0.05) is 36.6 Å². The highest BCUT2D eigenvalue weighted by Crippen LogP contribution is 2.24. The van der Waals surface area contributed by atoms with Crippen LogP contribution in [0.2, 0.25) is 0 Å². The molecule has 1 aromatic heterocycles. The van der Waals surface area contributed by atoms with Crippen molar-refractivity contribution >= 4 is 23.1 Å². The normalized spacial score (nSPS) is 17.3. The molecule has 0 amide bonds. The number of hydrogen-bond donors (Lipinski definition) is 3. The first-order chi connectivity index (χ1) is 12.5. The third-order valence-electron chi connectivity index (χ3n) is 4.59. The molecule has 1 aromatic carbocycles. The van der Waals surface area contributed by atoms with E-state index in [-0.39, 0.29) is 11.7 Å². The van der Waals surface area contributed by atoms with Crippen LogP contribution in [0.15, 0.2) is 24.3 Å². The summed E-state index contributed by atoms with van der Waals surface area (Å²) in [6.45, 7) is 3.90. The van der Waals surface area contributed by atoms with E-state index in [1.54, 1.807) is 12.1 Å². The molecule has 7 heteroatoms. The van der Waals surface area contributed by atoms with E-state index in [1.165, 1.54) is 6.07 Å². The van der Waals surface area contributed by atoms with Crippen molar-refractivity contribution < 1.29 is 4.39 Å². The predicted octanol–water partition coefficient (Wildman–Crippen LogP) is 3.21. The third-order valence-corrected chi connectivity index (χ3v) is 4.59. The minimum atomic E-state index is -0.434. The zero-order valence-corrected chi connectivity index (χ0v) is 15.2. The van der Waals surface area contributed by atoms with Crippen LogP contribution in [-0.2, 0) is 6.42 Å². The monoisotopic (exact) mass is 358 g/mol. The van der Waals surface area contributed by atoms with Gasteiger partial charge >= 0.3 is 0 Å². The Morgan fingerprint density at radius 2 is 2.15 bits per heavy atom. The number of rotatable bonds is 6. The van der Waals surface area contributed by atoms with Gasteiger partial charge < -0.3 is 21.7 Å². The van der Waals surface area contributed by atoms with Crippen LogP contribution in [0.5, 0.6) is 0 Å². The van der Waals surface area contributed by atoms with Crippen molar-refractivity contribution in [3.05, 3.63) is 35.8 Å². The number of anilines is 4. The van der Waals surface area contributed by atoms with Crippen LogP contribution in [0.4, 0.5) is 27.5 Å². The molecular formula is C19H27FN6. The molecule has 6 nitrogen and oxygen atoms in total. The maximum absolute atomic E-state index is 13.4. The Kier molecular flexibility index (Phi) is 5.88. The fourth-order valence-corrected chi connectivity index (χ4v) is 3.16. The highest BCUT2D eigenvalue weighted by molar-refractivity contribution is 5.61. The minimum absolute atomic E-state index is 0.0966. The van der Waals surface area contributed by atoms with E-state index in [9.17, 15) is 4.39 Å². The maximum Gasteiger partial charge on any atom is 0.229 e. The van der Waals surface area contributed by atoms with Crippen molar-refractivity contribution in [1.29, 1.82) is 0 Å². The fourth-order valence-electron chi connectivity index (χ4n) is 3.16. The van der Waals surface area contributed by atoms with Crippen LogP contribution in [0.3, 0.4) is 0 Å². The number of unbranched alkanes of at least 4 members (excludes halogenated alkanes) is 1. The Hall–Kier alpha value is -2.41. The summed E-state index contributed by atoms with van der Waals surface area (Å²) in [5.74, 6) is 0.953. The summed E-state index contributed by atoms with van der Waals surface area (Å²) in [6.07, 6.45) is 5.17. The summed E-state index contributed by atoms with van der Waals surface area (Å²) in [7, 11) is 0. The highest BCUT2D eigenvalue weighted by Gasteiger charge is 2.19. The van der Waals surface area contributed by atoms with Crippen LogP contribution >= 0.6 is 0 Å². The highest BCUT2D eigenvalue weighted by atomic mass is 19.1. The fraction of sp³-hybridized carbons (Fsp3) is 0.474. The largest absolute Gasteiger partial charge is 0.396 e. The second-order valence-electron chi connectivity index (χ2n) is 6.85. The van der Waals surface area contributed by atoms with Crippen LogP contribution < -0.4 is 21.7 Å². The maximum atomic E-state index is 13.4. The standard InChI is InChI=1S/C19H27FN6/c1-2-3-6-14-11-18(26-9-4-5-13(21)12-26)25-19(23-14)24-15-7-8-16(20)17(22)10-15/h7-8,10-11,13H,2-6,9,12,21-22H2,1H3,(H,23,24,25). The number of nitrogens with zero attached hydrogens (tertiary/aromatic N) is 3. The SMILES string of the molecule is CCCCc1cc(N2CCCC(N)C2)nc(Nc2ccc(F)c(N)c2)n1. The van der Waals surface area contributed by atoms with Gasteiger partial charge in [-0.3, -0.25) is 0 Å². The molecule has 0 bridgehead atoms. The molecule has 2 heterocycles. The van der Waals surface area contributed by atoms with Gasteiger partial charge in [0.05, 0.1) is 5.69 Å². The van der Waals surface area contributed by atoms with Gasteiger partial charge in [-0.2, -0.15) is 4.98 Å². The lowest BCUT2D eigenvalue weighted by atomic mass is 10.1. The van der Waals surface area contributed by atoms with Gasteiger partial charge in [-0.05, 0) is 43.9 Å². The number of nitrogen functional groups attached to an aromatic ring is 1. The number of piperidine rings is 1. The summed E-state index contributed by atoms with van der Waals surface area (Å²) in [5.41, 5.74) is 13.5. The number of hydrogen-bond acceptors (Lipinski definition) is 6. The van der Waals surface area contributed by atoms with Crippen LogP contribution in [0, 0.1) is 5.82 Å². The Balaban J connectivity index is 1.87. The minimum Gasteiger partial charge on any atom is -0.396 e. The number of halogens is 1. The summed E-state index contributed by atoms with van der Waals surface area (Å²) >= 11 is 0. The first-order valence-corrected chi connectivity index (χ1v) is 9.25. The van der Waals surface area contributed by atoms with E-state index in [0.717, 1.165) is 56.7 Å². The van der Waals surface area contributed by atoms with Gasteiger partial charge in [0.1, 0.15) is 11.6 Å². The Morgan fingerprint density at radius 3 is 2.88 bits per heavy atom. The van der Waals surface area contributed by atoms with E-state index in [1.807, 2.05) is 0 Å². The molecule has 0 spiro atoms. The Labute approximate surface area is 153 Å². The van der Waals surface area contributed by atoms with Gasteiger partial charge in [0.15, 0.2) is 0 Å². The molecule has 1 saturated heterocycles. The Bertz CT molecular complexity index is 751. The van der Waals surface area contributed by atoms with Crippen molar-refractivity contribution in [3.63, 3.8) is 0 Å². The van der Waals surface area contributed by atoms with Gasteiger partial charge in [-0.25, -0.2) is 9.37 Å². The molecular weight excluding hydrogens is 331 g/mol. The van der Waals surface area contributed by atoms with Crippen LogP contribution in [0.1, 0.15) is 38.3 Å². The summed E-state index contributed by atoms with van der Waals surface area (Å²) in [5, 5.41) is 3.15. The van der Waals surface area contributed by atoms with E-state index in [4.69, 9.17) is 11.5 Å². The average molecular weight is 358 g/mol. The molecule has 1 fully saturated rings. The van der Waals surface area contributed by atoms with Gasteiger partial charge in [-0.1, -0.05) is 13.3 Å². The molecule has 26 heavy (non-hydrogen) atoms. The van der Waals surface area contributed by atoms with E-state index in [2.05, 4.69) is 33.2 Å². The quantitative estimate of drug-likeness (QED) is 0.687. The predicted molar refractivity (Wildman–Crippen MR) is 104 cm³/mol. The molecule has 3 rings (SSSR count). The number of nitrogens with one attached hydrogen (secondary N) is 1. The van der Waals surface area contributed by atoms with E-state index >= 15 is 0 Å². The zero-order chi connectivity index (χ0) is 18.5.